The van der Waals surface area contributed by atoms with Crippen molar-refractivity contribution in [1.82, 2.24) is 5.32 Å². The van der Waals surface area contributed by atoms with E-state index in [-0.39, 0.29) is 11.8 Å². The molecule has 0 bridgehead atoms. The summed E-state index contributed by atoms with van der Waals surface area (Å²) in [6.45, 7) is 4.81. The van der Waals surface area contributed by atoms with Crippen LogP contribution in [-0.4, -0.2) is 29.5 Å². The molecule has 0 spiro atoms. The van der Waals surface area contributed by atoms with Crippen LogP contribution in [0.15, 0.2) is 0 Å². The van der Waals surface area contributed by atoms with E-state index in [1.54, 1.807) is 0 Å². The van der Waals surface area contributed by atoms with E-state index in [1.807, 2.05) is 6.92 Å². The molecule has 0 aromatic heterocycles. The highest BCUT2D eigenvalue weighted by molar-refractivity contribution is 7.99. The third-order valence-corrected chi connectivity index (χ3v) is 4.22. The van der Waals surface area contributed by atoms with Gasteiger partial charge in [-0.15, -0.1) is 0 Å². The van der Waals surface area contributed by atoms with Crippen molar-refractivity contribution in [3.8, 4) is 0 Å². The molecule has 15 heavy (non-hydrogen) atoms. The van der Waals surface area contributed by atoms with Crippen LogP contribution in [0.3, 0.4) is 0 Å². The standard InChI is InChI=1S/C11H22N2OS/c1-3-15-10-5-4-9(6-10)13-7-8(2)11(12)14/h8-10,13H,3-7H2,1-2H3,(H2,12,14). The van der Waals surface area contributed by atoms with Gasteiger partial charge in [-0.3, -0.25) is 4.79 Å². The molecule has 0 radical (unpaired) electrons. The summed E-state index contributed by atoms with van der Waals surface area (Å²) in [5.41, 5.74) is 5.21. The fourth-order valence-electron chi connectivity index (χ4n) is 1.96. The molecule has 3 nitrogen and oxygen atoms in total. The Balaban J connectivity index is 2.16. The Hall–Kier alpha value is -0.220. The second-order valence-electron chi connectivity index (χ2n) is 4.30. The SMILES string of the molecule is CCSC1CCC(NCC(C)C(N)=O)C1. The molecule has 3 atom stereocenters. The summed E-state index contributed by atoms with van der Waals surface area (Å²) in [6, 6.07) is 0.593. The first-order chi connectivity index (χ1) is 7.13. The van der Waals surface area contributed by atoms with Crippen LogP contribution in [0, 0.1) is 5.92 Å². The van der Waals surface area contributed by atoms with Gasteiger partial charge in [-0.1, -0.05) is 13.8 Å². The van der Waals surface area contributed by atoms with E-state index in [1.165, 1.54) is 25.0 Å². The molecule has 1 amide bonds. The quantitative estimate of drug-likeness (QED) is 0.724. The number of carbonyl (C=O) groups excluding carboxylic acids is 1. The maximum atomic E-state index is 10.8. The van der Waals surface area contributed by atoms with Crippen molar-refractivity contribution in [2.75, 3.05) is 12.3 Å². The Morgan fingerprint density at radius 3 is 2.93 bits per heavy atom. The van der Waals surface area contributed by atoms with Crippen molar-refractivity contribution in [2.24, 2.45) is 11.7 Å². The average Bonchev–Trinajstić information content (AvgIpc) is 2.62. The molecule has 3 N–H and O–H groups in total. The number of nitrogens with two attached hydrogens (primary N) is 1. The van der Waals surface area contributed by atoms with Crippen molar-refractivity contribution >= 4 is 17.7 Å². The Morgan fingerprint density at radius 1 is 1.60 bits per heavy atom. The minimum Gasteiger partial charge on any atom is -0.369 e. The first-order valence-corrected chi connectivity index (χ1v) is 6.82. The fraction of sp³-hybridized carbons (Fsp3) is 0.909. The predicted octanol–water partition coefficient (Wildman–Crippen LogP) is 1.37. The summed E-state index contributed by atoms with van der Waals surface area (Å²) in [6.07, 6.45) is 3.79. The molecule has 1 aliphatic rings. The average molecular weight is 230 g/mol. The smallest absolute Gasteiger partial charge is 0.221 e. The van der Waals surface area contributed by atoms with Gasteiger partial charge in [-0.25, -0.2) is 0 Å². The first-order valence-electron chi connectivity index (χ1n) is 5.77. The van der Waals surface area contributed by atoms with Crippen LogP contribution in [-0.2, 0) is 4.79 Å². The van der Waals surface area contributed by atoms with E-state index in [0.717, 1.165) is 11.8 Å². The Kier molecular flexibility index (Phi) is 5.47. The number of nitrogens with one attached hydrogen (secondary N) is 1. The topological polar surface area (TPSA) is 55.1 Å². The zero-order chi connectivity index (χ0) is 11.3. The zero-order valence-electron chi connectivity index (χ0n) is 9.66. The van der Waals surface area contributed by atoms with Gasteiger partial charge in [-0.2, -0.15) is 11.8 Å². The second-order valence-corrected chi connectivity index (χ2v) is 5.88. The third-order valence-electron chi connectivity index (χ3n) is 2.99. The minimum atomic E-state index is -0.208. The number of rotatable bonds is 6. The lowest BCUT2D eigenvalue weighted by Crippen LogP contribution is -2.36. The molecule has 4 heteroatoms. The minimum absolute atomic E-state index is 0.0529. The maximum absolute atomic E-state index is 10.8. The number of primary amides is 1. The number of amides is 1. The highest BCUT2D eigenvalue weighted by atomic mass is 32.2. The molecule has 0 aromatic carbocycles. The van der Waals surface area contributed by atoms with E-state index in [0.29, 0.717) is 6.04 Å². The summed E-state index contributed by atoms with van der Waals surface area (Å²) in [7, 11) is 0. The fourth-order valence-corrected chi connectivity index (χ4v) is 3.10. The monoisotopic (exact) mass is 230 g/mol. The van der Waals surface area contributed by atoms with Gasteiger partial charge < -0.3 is 11.1 Å². The van der Waals surface area contributed by atoms with Crippen LogP contribution < -0.4 is 11.1 Å². The molecule has 1 aliphatic carbocycles. The lowest BCUT2D eigenvalue weighted by molar-refractivity contribution is -0.121. The van der Waals surface area contributed by atoms with Crippen LogP contribution in [0.25, 0.3) is 0 Å². The van der Waals surface area contributed by atoms with E-state index >= 15 is 0 Å². The highest BCUT2D eigenvalue weighted by Crippen LogP contribution is 2.29. The molecule has 0 aromatic rings. The summed E-state index contributed by atoms with van der Waals surface area (Å²) in [5, 5.41) is 4.25. The van der Waals surface area contributed by atoms with E-state index in [9.17, 15) is 4.79 Å². The maximum Gasteiger partial charge on any atom is 0.221 e. The van der Waals surface area contributed by atoms with E-state index in [4.69, 9.17) is 5.73 Å². The number of hydrogen-bond acceptors (Lipinski definition) is 3. The van der Waals surface area contributed by atoms with E-state index < -0.39 is 0 Å². The van der Waals surface area contributed by atoms with Gasteiger partial charge in [0.25, 0.3) is 0 Å². The molecule has 1 rings (SSSR count). The van der Waals surface area contributed by atoms with Crippen molar-refractivity contribution in [1.29, 1.82) is 0 Å². The van der Waals surface area contributed by atoms with E-state index in [2.05, 4.69) is 24.0 Å². The Bertz CT molecular complexity index is 211. The van der Waals surface area contributed by atoms with Gasteiger partial charge in [0.2, 0.25) is 5.91 Å². The molecule has 1 saturated carbocycles. The molecule has 88 valence electrons. The van der Waals surface area contributed by atoms with Crippen LogP contribution in [0.1, 0.15) is 33.1 Å². The Morgan fingerprint density at radius 2 is 2.33 bits per heavy atom. The summed E-state index contributed by atoms with van der Waals surface area (Å²) < 4.78 is 0. The van der Waals surface area contributed by atoms with Gasteiger partial charge in [0.15, 0.2) is 0 Å². The van der Waals surface area contributed by atoms with Crippen LogP contribution in [0.2, 0.25) is 0 Å². The molecule has 1 fully saturated rings. The molecule has 3 unspecified atom stereocenters. The first kappa shape index (κ1) is 12.8. The molecule has 0 saturated heterocycles. The van der Waals surface area contributed by atoms with Gasteiger partial charge >= 0.3 is 0 Å². The lowest BCUT2D eigenvalue weighted by atomic mass is 10.1. The summed E-state index contributed by atoms with van der Waals surface area (Å²) in [5.74, 6) is 0.942. The zero-order valence-corrected chi connectivity index (χ0v) is 10.5. The van der Waals surface area contributed by atoms with Crippen LogP contribution >= 0.6 is 11.8 Å². The third kappa shape index (κ3) is 4.43. The van der Waals surface area contributed by atoms with Crippen molar-refractivity contribution in [3.05, 3.63) is 0 Å². The predicted molar refractivity (Wildman–Crippen MR) is 65.9 cm³/mol. The summed E-state index contributed by atoms with van der Waals surface area (Å²) in [4.78, 5) is 10.8. The van der Waals surface area contributed by atoms with Gasteiger partial charge in [0.1, 0.15) is 0 Å². The molecule has 0 heterocycles. The largest absolute Gasteiger partial charge is 0.369 e. The number of thioether (sulfide) groups is 1. The highest BCUT2D eigenvalue weighted by Gasteiger charge is 2.24. The van der Waals surface area contributed by atoms with Crippen LogP contribution in [0.5, 0.6) is 0 Å². The molecular formula is C11H22N2OS. The van der Waals surface area contributed by atoms with Gasteiger partial charge in [0.05, 0.1) is 0 Å². The van der Waals surface area contributed by atoms with Crippen molar-refractivity contribution < 1.29 is 4.79 Å². The number of hydrogen-bond donors (Lipinski definition) is 2. The molecular weight excluding hydrogens is 208 g/mol. The normalized spacial score (nSPS) is 27.9. The second kappa shape index (κ2) is 6.38. The van der Waals surface area contributed by atoms with Gasteiger partial charge in [0, 0.05) is 23.8 Å². The Labute approximate surface area is 96.6 Å². The van der Waals surface area contributed by atoms with Crippen molar-refractivity contribution in [3.63, 3.8) is 0 Å². The molecule has 0 aliphatic heterocycles. The van der Waals surface area contributed by atoms with Crippen LogP contribution in [0.4, 0.5) is 0 Å². The summed E-state index contributed by atoms with van der Waals surface area (Å²) >= 11 is 2.05. The number of carbonyl (C=O) groups is 1. The lowest BCUT2D eigenvalue weighted by Gasteiger charge is -2.15. The van der Waals surface area contributed by atoms with Crippen molar-refractivity contribution in [2.45, 2.75) is 44.4 Å². The van der Waals surface area contributed by atoms with Gasteiger partial charge in [-0.05, 0) is 25.0 Å².